The molecule has 0 atom stereocenters. The van der Waals surface area contributed by atoms with Crippen molar-refractivity contribution >= 4 is 46.7 Å². The van der Waals surface area contributed by atoms with Crippen LogP contribution in [0.3, 0.4) is 0 Å². The fraction of sp³-hybridized carbons (Fsp3) is 0.133. The number of nitrogens with two attached hydrogens (primary N) is 3. The number of hydrogen-bond acceptors (Lipinski definition) is 8. The molecule has 0 bridgehead atoms. The van der Waals surface area contributed by atoms with Crippen molar-refractivity contribution in [2.45, 2.75) is 27.7 Å². The lowest BCUT2D eigenvalue weighted by Crippen LogP contribution is -2.62. The van der Waals surface area contributed by atoms with E-state index in [9.17, 15) is 0 Å². The summed E-state index contributed by atoms with van der Waals surface area (Å²) in [6, 6.07) is 19.7. The summed E-state index contributed by atoms with van der Waals surface area (Å²) in [6.45, 7) is 7.21. The van der Waals surface area contributed by atoms with Crippen molar-refractivity contribution < 1.29 is 5.73 Å². The van der Waals surface area contributed by atoms with E-state index in [-0.39, 0.29) is 23.8 Å². The normalized spacial score (nSPS) is 12.3. The highest BCUT2D eigenvalue weighted by molar-refractivity contribution is 6.07. The van der Waals surface area contributed by atoms with Gasteiger partial charge in [0.25, 0.3) is 0 Å². The van der Waals surface area contributed by atoms with E-state index in [1.807, 2.05) is 67.6 Å². The lowest BCUT2D eigenvalue weighted by atomic mass is 9.92. The predicted molar refractivity (Wildman–Crippen MR) is 185 cm³/mol. The van der Waals surface area contributed by atoms with Gasteiger partial charge in [0.2, 0.25) is 17.9 Å². The quantitative estimate of drug-likeness (QED) is 0.0886. The van der Waals surface area contributed by atoms with Gasteiger partial charge in [0.1, 0.15) is 0 Å². The molecule has 0 amide bonds. The van der Waals surface area contributed by atoms with Crippen LogP contribution < -0.4 is 44.6 Å². The van der Waals surface area contributed by atoms with Gasteiger partial charge in [-0.3, -0.25) is 22.0 Å². The zero-order chi connectivity index (χ0) is 34.0. The minimum absolute atomic E-state index is 0.0388. The number of nitrogens with one attached hydrogen (secondary N) is 8. The zero-order valence-corrected chi connectivity index (χ0v) is 26.0. The molecule has 16 nitrogen and oxygen atoms in total. The molecule has 3 rings (SSSR count). The van der Waals surface area contributed by atoms with Crippen molar-refractivity contribution in [1.82, 2.24) is 21.7 Å². The van der Waals surface area contributed by atoms with Crippen LogP contribution in [0.2, 0.25) is 0 Å². The Morgan fingerprint density at radius 1 is 0.500 bits per heavy atom. The van der Waals surface area contributed by atoms with Gasteiger partial charge in [-0.05, 0) is 115 Å². The fourth-order valence-corrected chi connectivity index (χ4v) is 4.14. The molecule has 0 aliphatic carbocycles. The zero-order valence-electron chi connectivity index (χ0n) is 26.0. The molecule has 0 unspecified atom stereocenters. The maximum atomic E-state index is 7.56. The fourth-order valence-electron chi connectivity index (χ4n) is 4.14. The van der Waals surface area contributed by atoms with Gasteiger partial charge in [-0.2, -0.15) is 20.4 Å². The maximum absolute atomic E-state index is 7.56. The topological polar surface area (TPSA) is 299 Å². The monoisotopic (exact) mass is 623 g/mol. The van der Waals surface area contributed by atoms with Crippen molar-refractivity contribution in [1.29, 1.82) is 21.6 Å². The number of hydrogen-bond donors (Lipinski definition) is 12. The molecule has 0 aliphatic heterocycles. The number of guanidine groups is 4. The Morgan fingerprint density at radius 2 is 0.804 bits per heavy atom. The summed E-state index contributed by atoms with van der Waals surface area (Å²) in [4.78, 5) is 0. The Kier molecular flexibility index (Phi) is 11.4. The highest BCUT2D eigenvalue weighted by Gasteiger charge is 2.12. The van der Waals surface area contributed by atoms with Crippen LogP contribution in [0.4, 0.5) is 0 Å². The van der Waals surface area contributed by atoms with E-state index in [4.69, 9.17) is 38.8 Å². The average Bonchev–Trinajstić information content (AvgIpc) is 3.03. The molecular formula is C30H39N16+. The van der Waals surface area contributed by atoms with Gasteiger partial charge in [0, 0.05) is 0 Å². The minimum Gasteiger partial charge on any atom is -0.369 e. The van der Waals surface area contributed by atoms with Gasteiger partial charge in [-0.25, -0.2) is 27.1 Å². The molecule has 0 spiro atoms. The second-order valence-electron chi connectivity index (χ2n) is 10.1. The molecule has 0 saturated carbocycles. The highest BCUT2D eigenvalue weighted by atomic mass is 15.4. The smallest absolute Gasteiger partial charge is 0.310 e. The standard InChI is InChI=1S/C30H38N16/c1-15(39-43-27(31)32)21-9-22(16(2)40-44-28(33)34)12-25(11-21)19-6-5-7-20(8-19)26-13-23(17(3)41-45-29(35)36)10-24(14-26)18(4)42-46-30(37)38/h5-14H,1-4H3,(H4,31,32,43)(H4,33,34,44)(H4,35,36,45)(H4,37,38,46)/p+1/b39-15-,40-16-,41-17-,42-18+. The molecule has 16 heteroatoms. The molecule has 46 heavy (non-hydrogen) atoms. The van der Waals surface area contributed by atoms with E-state index >= 15 is 0 Å². The maximum Gasteiger partial charge on any atom is 0.310 e. The van der Waals surface area contributed by atoms with Crippen LogP contribution in [0.15, 0.2) is 81.1 Å². The second kappa shape index (κ2) is 15.3. The molecular weight excluding hydrogens is 584 g/mol. The molecule has 0 saturated heterocycles. The molecule has 0 heterocycles. The molecule has 3 aromatic rings. The molecule has 17 N–H and O–H groups in total. The first-order chi connectivity index (χ1) is 21.7. The number of quaternary nitrogens is 1. The van der Waals surface area contributed by atoms with Crippen molar-refractivity contribution in [3.63, 3.8) is 0 Å². The van der Waals surface area contributed by atoms with Gasteiger partial charge >= 0.3 is 5.96 Å². The third kappa shape index (κ3) is 9.81. The molecule has 0 aliphatic rings. The van der Waals surface area contributed by atoms with Crippen LogP contribution in [0.25, 0.3) is 22.3 Å². The molecule has 0 aromatic heterocycles. The van der Waals surface area contributed by atoms with Gasteiger partial charge in [0.15, 0.2) is 0 Å². The largest absolute Gasteiger partial charge is 0.369 e. The van der Waals surface area contributed by atoms with E-state index < -0.39 is 0 Å². The lowest BCUT2D eigenvalue weighted by Gasteiger charge is -2.13. The first kappa shape index (κ1) is 34.1. The second-order valence-corrected chi connectivity index (χ2v) is 10.1. The lowest BCUT2D eigenvalue weighted by molar-refractivity contribution is -0.223. The van der Waals surface area contributed by atoms with Crippen LogP contribution in [0.5, 0.6) is 0 Å². The third-order valence-corrected chi connectivity index (χ3v) is 6.46. The Bertz CT molecular complexity index is 1570. The summed E-state index contributed by atoms with van der Waals surface area (Å²) in [7, 11) is 0. The minimum atomic E-state index is -0.286. The van der Waals surface area contributed by atoms with Gasteiger partial charge in [-0.15, -0.1) is 0 Å². The van der Waals surface area contributed by atoms with Gasteiger partial charge in [-0.1, -0.05) is 18.2 Å². The summed E-state index contributed by atoms with van der Waals surface area (Å²) < 4.78 is 0. The van der Waals surface area contributed by atoms with Crippen LogP contribution in [-0.2, 0) is 0 Å². The average molecular weight is 624 g/mol. The van der Waals surface area contributed by atoms with Crippen molar-refractivity contribution in [3.8, 4) is 22.3 Å². The molecule has 3 aromatic carbocycles. The third-order valence-electron chi connectivity index (χ3n) is 6.46. The molecule has 0 fully saturated rings. The van der Waals surface area contributed by atoms with Gasteiger partial charge < -0.3 is 17.2 Å². The van der Waals surface area contributed by atoms with Crippen LogP contribution in [0.1, 0.15) is 49.9 Å². The van der Waals surface area contributed by atoms with E-state index in [1.54, 1.807) is 20.8 Å². The Labute approximate surface area is 266 Å². The molecule has 0 radical (unpaired) electrons. The summed E-state index contributed by atoms with van der Waals surface area (Å²) >= 11 is 0. The number of hydrazone groups is 4. The van der Waals surface area contributed by atoms with Crippen molar-refractivity contribution in [3.05, 3.63) is 82.9 Å². The number of nitrogens with zero attached hydrogens (tertiary/aromatic N) is 4. The SMILES string of the molecule is C/C(=N/NC(=N)N)c1cc(/C(C)=N\NC(=N)[NH3+])cc(-c2cccc(-c3cc(/C(C)=N\NC(=N)N)cc(/C(C)=N/NC(=N)N)c3)c2)c1. The van der Waals surface area contributed by atoms with E-state index in [0.29, 0.717) is 22.8 Å². The summed E-state index contributed by atoms with van der Waals surface area (Å²) in [5.74, 6) is -0.892. The van der Waals surface area contributed by atoms with Crippen molar-refractivity contribution in [2.75, 3.05) is 0 Å². The summed E-state index contributed by atoms with van der Waals surface area (Å²) in [5.41, 5.74) is 38.9. The predicted octanol–water partition coefficient (Wildman–Crippen LogP) is 1.13. The Morgan fingerprint density at radius 3 is 1.09 bits per heavy atom. The van der Waals surface area contributed by atoms with E-state index in [2.05, 4.69) is 47.8 Å². The van der Waals surface area contributed by atoms with Gasteiger partial charge in [0.05, 0.1) is 22.8 Å². The number of rotatable bonds is 10. The van der Waals surface area contributed by atoms with E-state index in [1.165, 1.54) is 0 Å². The molecule has 238 valence electrons. The van der Waals surface area contributed by atoms with Crippen LogP contribution >= 0.6 is 0 Å². The summed E-state index contributed by atoms with van der Waals surface area (Å²) in [5, 5.41) is 46.8. The first-order valence-electron chi connectivity index (χ1n) is 13.8. The Balaban J connectivity index is 2.21. The Hall–Kier alpha value is -6.42. The first-order valence-corrected chi connectivity index (χ1v) is 13.8. The van der Waals surface area contributed by atoms with E-state index in [0.717, 1.165) is 44.5 Å². The number of benzene rings is 3. The van der Waals surface area contributed by atoms with Crippen LogP contribution in [0, 0.1) is 21.6 Å². The van der Waals surface area contributed by atoms with Crippen molar-refractivity contribution in [2.24, 2.45) is 37.6 Å². The van der Waals surface area contributed by atoms with Crippen LogP contribution in [-0.4, -0.2) is 46.7 Å². The summed E-state index contributed by atoms with van der Waals surface area (Å²) in [6.07, 6.45) is 0. The highest BCUT2D eigenvalue weighted by Crippen LogP contribution is 2.30.